The van der Waals surface area contributed by atoms with Crippen LogP contribution in [0.25, 0.3) is 0 Å². The summed E-state index contributed by atoms with van der Waals surface area (Å²) in [5.41, 5.74) is 7.13. The van der Waals surface area contributed by atoms with Crippen molar-refractivity contribution >= 4 is 0 Å². The SMILES string of the molecule is CCC(CC)N(CCN)CC1COc2ccccc21. The molecule has 0 aliphatic carbocycles. The van der Waals surface area contributed by atoms with E-state index in [1.165, 1.54) is 18.4 Å². The molecule has 1 heterocycles. The monoisotopic (exact) mass is 262 g/mol. The summed E-state index contributed by atoms with van der Waals surface area (Å²) in [7, 11) is 0. The van der Waals surface area contributed by atoms with Gasteiger partial charge in [-0.05, 0) is 18.9 Å². The molecule has 1 aromatic carbocycles. The van der Waals surface area contributed by atoms with Crippen LogP contribution in [-0.2, 0) is 0 Å². The molecular formula is C16H26N2O. The third kappa shape index (κ3) is 3.28. The molecule has 0 saturated heterocycles. The van der Waals surface area contributed by atoms with E-state index >= 15 is 0 Å². The fourth-order valence-electron chi connectivity index (χ4n) is 3.06. The zero-order valence-corrected chi connectivity index (χ0v) is 12.1. The third-order valence-electron chi connectivity index (χ3n) is 4.13. The van der Waals surface area contributed by atoms with Crippen molar-refractivity contribution in [1.29, 1.82) is 0 Å². The number of ether oxygens (including phenoxy) is 1. The molecule has 2 rings (SSSR count). The maximum Gasteiger partial charge on any atom is 0.122 e. The summed E-state index contributed by atoms with van der Waals surface area (Å²) in [5, 5.41) is 0. The van der Waals surface area contributed by atoms with Gasteiger partial charge in [0.25, 0.3) is 0 Å². The van der Waals surface area contributed by atoms with Gasteiger partial charge in [-0.1, -0.05) is 32.0 Å². The van der Waals surface area contributed by atoms with Crippen LogP contribution in [0, 0.1) is 0 Å². The number of benzene rings is 1. The van der Waals surface area contributed by atoms with Crippen LogP contribution in [0.3, 0.4) is 0 Å². The first-order valence-corrected chi connectivity index (χ1v) is 7.45. The summed E-state index contributed by atoms with van der Waals surface area (Å²) in [6.45, 7) is 8.09. The second kappa shape index (κ2) is 6.92. The van der Waals surface area contributed by atoms with Crippen LogP contribution in [0.5, 0.6) is 5.75 Å². The lowest BCUT2D eigenvalue weighted by Gasteiger charge is -2.32. The zero-order chi connectivity index (χ0) is 13.7. The molecule has 0 fully saturated rings. The van der Waals surface area contributed by atoms with Crippen LogP contribution in [0.4, 0.5) is 0 Å². The Morgan fingerprint density at radius 1 is 1.32 bits per heavy atom. The van der Waals surface area contributed by atoms with E-state index in [1.807, 2.05) is 6.07 Å². The van der Waals surface area contributed by atoms with Crippen molar-refractivity contribution in [2.75, 3.05) is 26.2 Å². The minimum Gasteiger partial charge on any atom is -0.493 e. The fraction of sp³-hybridized carbons (Fsp3) is 0.625. The Labute approximate surface area is 116 Å². The van der Waals surface area contributed by atoms with Gasteiger partial charge in [-0.2, -0.15) is 0 Å². The molecule has 0 aromatic heterocycles. The van der Waals surface area contributed by atoms with Crippen molar-refractivity contribution in [3.8, 4) is 5.75 Å². The first-order valence-electron chi connectivity index (χ1n) is 7.45. The molecule has 0 radical (unpaired) electrons. The van der Waals surface area contributed by atoms with E-state index in [2.05, 4.69) is 36.9 Å². The van der Waals surface area contributed by atoms with Crippen molar-refractivity contribution in [3.05, 3.63) is 29.8 Å². The average molecular weight is 262 g/mol. The Morgan fingerprint density at radius 3 is 2.74 bits per heavy atom. The van der Waals surface area contributed by atoms with Gasteiger partial charge >= 0.3 is 0 Å². The molecular weight excluding hydrogens is 236 g/mol. The highest BCUT2D eigenvalue weighted by Crippen LogP contribution is 2.34. The summed E-state index contributed by atoms with van der Waals surface area (Å²) in [4.78, 5) is 2.54. The Hall–Kier alpha value is -1.06. The number of rotatable bonds is 7. The van der Waals surface area contributed by atoms with Crippen LogP contribution in [-0.4, -0.2) is 37.2 Å². The van der Waals surface area contributed by atoms with Gasteiger partial charge in [-0.3, -0.25) is 4.90 Å². The van der Waals surface area contributed by atoms with Crippen LogP contribution >= 0.6 is 0 Å². The van der Waals surface area contributed by atoms with Gasteiger partial charge < -0.3 is 10.5 Å². The van der Waals surface area contributed by atoms with Crippen LogP contribution in [0.1, 0.15) is 38.2 Å². The highest BCUT2D eigenvalue weighted by atomic mass is 16.5. The molecule has 2 N–H and O–H groups in total. The molecule has 0 spiro atoms. The number of fused-ring (bicyclic) bond motifs is 1. The number of nitrogens with zero attached hydrogens (tertiary/aromatic N) is 1. The number of hydrogen-bond acceptors (Lipinski definition) is 3. The molecule has 0 saturated carbocycles. The van der Waals surface area contributed by atoms with Crippen LogP contribution < -0.4 is 10.5 Å². The molecule has 1 aliphatic heterocycles. The number of nitrogens with two attached hydrogens (primary N) is 1. The first-order chi connectivity index (χ1) is 9.30. The number of para-hydroxylation sites is 1. The van der Waals surface area contributed by atoms with E-state index in [0.717, 1.165) is 32.0 Å². The van der Waals surface area contributed by atoms with Crippen molar-refractivity contribution in [3.63, 3.8) is 0 Å². The Bertz CT molecular complexity index is 390. The largest absolute Gasteiger partial charge is 0.493 e. The zero-order valence-electron chi connectivity index (χ0n) is 12.1. The second-order valence-corrected chi connectivity index (χ2v) is 5.30. The molecule has 106 valence electrons. The molecule has 3 nitrogen and oxygen atoms in total. The standard InChI is InChI=1S/C16H26N2O/c1-3-14(4-2)18(10-9-17)11-13-12-19-16-8-6-5-7-15(13)16/h5-8,13-14H,3-4,9-12,17H2,1-2H3. The maximum absolute atomic E-state index is 5.78. The topological polar surface area (TPSA) is 38.5 Å². The molecule has 1 aromatic rings. The van der Waals surface area contributed by atoms with Crippen molar-refractivity contribution in [1.82, 2.24) is 4.90 Å². The van der Waals surface area contributed by atoms with Gasteiger partial charge in [0.15, 0.2) is 0 Å². The van der Waals surface area contributed by atoms with E-state index in [9.17, 15) is 0 Å². The van der Waals surface area contributed by atoms with E-state index in [1.54, 1.807) is 0 Å². The minimum atomic E-state index is 0.489. The van der Waals surface area contributed by atoms with Gasteiger partial charge in [0.05, 0.1) is 6.61 Å². The predicted molar refractivity (Wildman–Crippen MR) is 79.7 cm³/mol. The summed E-state index contributed by atoms with van der Waals surface area (Å²) in [6.07, 6.45) is 2.37. The third-order valence-corrected chi connectivity index (χ3v) is 4.13. The quantitative estimate of drug-likeness (QED) is 0.821. The van der Waals surface area contributed by atoms with Gasteiger partial charge in [0.1, 0.15) is 5.75 Å². The summed E-state index contributed by atoms with van der Waals surface area (Å²) < 4.78 is 5.78. The molecule has 19 heavy (non-hydrogen) atoms. The lowest BCUT2D eigenvalue weighted by Crippen LogP contribution is -2.41. The van der Waals surface area contributed by atoms with E-state index < -0.39 is 0 Å². The molecule has 1 unspecified atom stereocenters. The molecule has 0 bridgehead atoms. The van der Waals surface area contributed by atoms with Crippen molar-refractivity contribution in [2.24, 2.45) is 5.73 Å². The molecule has 0 amide bonds. The molecule has 1 aliphatic rings. The number of hydrogen-bond donors (Lipinski definition) is 1. The Kier molecular flexibility index (Phi) is 5.23. The molecule has 1 atom stereocenters. The van der Waals surface area contributed by atoms with E-state index in [4.69, 9.17) is 10.5 Å². The van der Waals surface area contributed by atoms with E-state index in [0.29, 0.717) is 12.0 Å². The highest BCUT2D eigenvalue weighted by molar-refractivity contribution is 5.39. The smallest absolute Gasteiger partial charge is 0.122 e. The van der Waals surface area contributed by atoms with Crippen molar-refractivity contribution in [2.45, 2.75) is 38.6 Å². The minimum absolute atomic E-state index is 0.489. The van der Waals surface area contributed by atoms with Crippen LogP contribution in [0.15, 0.2) is 24.3 Å². The average Bonchev–Trinajstić information content (AvgIpc) is 2.84. The van der Waals surface area contributed by atoms with Gasteiger partial charge in [0.2, 0.25) is 0 Å². The predicted octanol–water partition coefficient (Wildman–Crippen LogP) is 2.61. The summed E-state index contributed by atoms with van der Waals surface area (Å²) in [6, 6.07) is 9.04. The van der Waals surface area contributed by atoms with E-state index in [-0.39, 0.29) is 0 Å². The van der Waals surface area contributed by atoms with Gasteiger partial charge in [-0.15, -0.1) is 0 Å². The van der Waals surface area contributed by atoms with Crippen LogP contribution in [0.2, 0.25) is 0 Å². The maximum atomic E-state index is 5.78. The Balaban J connectivity index is 2.06. The van der Waals surface area contributed by atoms with Gasteiger partial charge in [0, 0.05) is 37.2 Å². The highest BCUT2D eigenvalue weighted by Gasteiger charge is 2.27. The Morgan fingerprint density at radius 2 is 2.05 bits per heavy atom. The fourth-order valence-corrected chi connectivity index (χ4v) is 3.06. The lowest BCUT2D eigenvalue weighted by atomic mass is 9.99. The van der Waals surface area contributed by atoms with Crippen molar-refractivity contribution < 1.29 is 4.74 Å². The normalized spacial score (nSPS) is 17.8. The van der Waals surface area contributed by atoms with Gasteiger partial charge in [-0.25, -0.2) is 0 Å². The summed E-state index contributed by atoms with van der Waals surface area (Å²) in [5.74, 6) is 1.55. The lowest BCUT2D eigenvalue weighted by molar-refractivity contribution is 0.169. The molecule has 3 heteroatoms. The second-order valence-electron chi connectivity index (χ2n) is 5.30. The summed E-state index contributed by atoms with van der Waals surface area (Å²) >= 11 is 0. The first kappa shape index (κ1) is 14.4.